The van der Waals surface area contributed by atoms with E-state index >= 15 is 4.39 Å². The number of thiazole rings is 1. The maximum Gasteiger partial charge on any atom is 0.407 e. The number of imidazole rings is 2. The van der Waals surface area contributed by atoms with Crippen molar-refractivity contribution in [3.05, 3.63) is 82.3 Å². The lowest BCUT2D eigenvalue weighted by Gasteiger charge is -2.40. The number of methoxy groups -OCH3 is 2. The minimum absolute atomic E-state index is 0.137. The Labute approximate surface area is 443 Å². The zero-order chi connectivity index (χ0) is 53.0. The van der Waals surface area contributed by atoms with Crippen molar-refractivity contribution >= 4 is 46.2 Å². The number of carbonyl (C=O) groups excluding carboxylic acids is 4. The topological polar surface area (TPSA) is 220 Å². The molecule has 3 unspecified atom stereocenters. The Morgan fingerprint density at radius 1 is 0.803 bits per heavy atom. The number of halogens is 1. The number of nitrogens with zero attached hydrogens (tertiary/aromatic N) is 6. The highest BCUT2D eigenvalue weighted by Gasteiger charge is 2.44. The first-order chi connectivity index (χ1) is 36.7. The van der Waals surface area contributed by atoms with E-state index in [9.17, 15) is 19.2 Å². The molecule has 0 bridgehead atoms. The zero-order valence-corrected chi connectivity index (χ0v) is 44.5. The molecule has 5 aliphatic heterocycles. The van der Waals surface area contributed by atoms with Crippen molar-refractivity contribution in [2.75, 3.05) is 47.1 Å². The van der Waals surface area contributed by atoms with Gasteiger partial charge in [0.1, 0.15) is 35.3 Å². The number of nitrogens with one attached hydrogen (secondary N) is 4. The molecule has 9 heterocycles. The van der Waals surface area contributed by atoms with Gasteiger partial charge in [0.05, 0.1) is 82.3 Å². The molecule has 2 aromatic carbocycles. The van der Waals surface area contributed by atoms with E-state index in [2.05, 4.69) is 26.7 Å². The monoisotopic (exact) mass is 1060 g/mol. The fourth-order valence-electron chi connectivity index (χ4n) is 12.0. The molecule has 4 N–H and O–H groups in total. The van der Waals surface area contributed by atoms with Gasteiger partial charge in [0, 0.05) is 61.5 Å². The SMILES string of the molecule is COC(=O)NC(C(=O)N1CCC[C@H]1c1ncc(-c2ccc3c(c2)cc2n3C(c3cnc(C4CCOCC4)s3)Oc3cc(-c4cnc([C@@H]5CCCN5C(=O)[C@@H](NC(=O)OC)C(C)C)[nH]4)cc(F)c3-2)[nH]1)C1CCOC(C)(C)C1. The highest BCUT2D eigenvalue weighted by Crippen LogP contribution is 2.49. The fourth-order valence-corrected chi connectivity index (χ4v) is 13.1. The number of aromatic amines is 2. The summed E-state index contributed by atoms with van der Waals surface area (Å²) >= 11 is 1.60. The average molecular weight is 1060 g/mol. The molecule has 4 amide bonds. The molecule has 0 spiro atoms. The molecular formula is C55H65FN10O9S. The highest BCUT2D eigenvalue weighted by atomic mass is 32.1. The summed E-state index contributed by atoms with van der Waals surface area (Å²) < 4.78 is 47.5. The van der Waals surface area contributed by atoms with Crippen LogP contribution in [0.1, 0.15) is 125 Å². The van der Waals surface area contributed by atoms with Gasteiger partial charge in [-0.05, 0) is 107 Å². The minimum atomic E-state index is -0.783. The number of hydrogen-bond donors (Lipinski definition) is 4. The van der Waals surface area contributed by atoms with Crippen LogP contribution in [0.25, 0.3) is 44.7 Å². The van der Waals surface area contributed by atoms with Crippen LogP contribution in [-0.2, 0) is 28.5 Å². The van der Waals surface area contributed by atoms with Gasteiger partial charge in [-0.25, -0.2) is 28.9 Å². The first-order valence-corrected chi connectivity index (χ1v) is 27.2. The van der Waals surface area contributed by atoms with E-state index in [0.717, 1.165) is 57.7 Å². The van der Waals surface area contributed by atoms with E-state index in [1.54, 1.807) is 28.6 Å². The molecule has 402 valence electrons. The van der Waals surface area contributed by atoms with E-state index in [0.29, 0.717) is 98.5 Å². The number of H-pyrrole nitrogens is 2. The van der Waals surface area contributed by atoms with Gasteiger partial charge in [-0.2, -0.15) is 0 Å². The first kappa shape index (κ1) is 51.3. The average Bonchev–Trinajstić information content (AvgIpc) is 4.32. The van der Waals surface area contributed by atoms with Crippen LogP contribution in [0.2, 0.25) is 0 Å². The van der Waals surface area contributed by atoms with E-state index in [1.807, 2.05) is 67.6 Å². The number of benzene rings is 2. The Morgan fingerprint density at radius 3 is 2.14 bits per heavy atom. The number of aromatic nitrogens is 6. The van der Waals surface area contributed by atoms with Crippen LogP contribution in [0.5, 0.6) is 5.75 Å². The van der Waals surface area contributed by atoms with Crippen LogP contribution < -0.4 is 15.4 Å². The number of carbonyl (C=O) groups is 4. The van der Waals surface area contributed by atoms with Gasteiger partial charge in [0.15, 0.2) is 0 Å². The lowest BCUT2D eigenvalue weighted by atomic mass is 9.82. The summed E-state index contributed by atoms with van der Waals surface area (Å²) in [5, 5.41) is 7.42. The van der Waals surface area contributed by atoms with Crippen molar-refractivity contribution in [1.29, 1.82) is 0 Å². The molecule has 5 aliphatic rings. The maximum absolute atomic E-state index is 17.1. The standard InChI is InChI=1S/C55H65FN10O9S/c1-29(2)45(62-53(69)71-5)50(67)64-16-7-9-39(64)48-58-27-37(61-48)33-22-35(56)44-41-23-34-21-31(11-12-38(34)66(41)52(75-42(44)24-33)43-28-59-49(76-43)30-13-18-73-19-14-30)36-26-57-47(60-36)40-10-8-17-65(40)51(68)46(63-54(70)72-6)32-15-20-74-55(3,4)25-32/h11-12,21-24,26-30,32,39-40,45-46,52H,7-10,13-20,25H2,1-6H3,(H,57,60)(H,58,61)(H,62,69)(H,63,70)/t32?,39-,40-,45-,46?,52?/m0/s1. The van der Waals surface area contributed by atoms with Crippen LogP contribution >= 0.6 is 11.3 Å². The molecule has 6 aromatic rings. The Bertz CT molecular complexity index is 3160. The molecule has 0 radical (unpaired) electrons. The van der Waals surface area contributed by atoms with Gasteiger partial charge in [-0.3, -0.25) is 14.2 Å². The maximum atomic E-state index is 17.1. The summed E-state index contributed by atoms with van der Waals surface area (Å²) in [5.74, 6) is 0.644. The molecule has 4 saturated heterocycles. The van der Waals surface area contributed by atoms with E-state index in [1.165, 1.54) is 20.3 Å². The smallest absolute Gasteiger partial charge is 0.407 e. The number of ether oxygens (including phenoxy) is 5. The first-order valence-electron chi connectivity index (χ1n) is 26.4. The second kappa shape index (κ2) is 20.9. The van der Waals surface area contributed by atoms with Gasteiger partial charge in [-0.15, -0.1) is 11.3 Å². The summed E-state index contributed by atoms with van der Waals surface area (Å²) in [7, 11) is 2.57. The molecule has 4 fully saturated rings. The number of fused-ring (bicyclic) bond motifs is 5. The van der Waals surface area contributed by atoms with Crippen molar-refractivity contribution in [3.8, 4) is 39.5 Å². The third kappa shape index (κ3) is 9.80. The Kier molecular flexibility index (Phi) is 14.1. The molecular weight excluding hydrogens is 996 g/mol. The van der Waals surface area contributed by atoms with E-state index < -0.39 is 41.9 Å². The van der Waals surface area contributed by atoms with Crippen LogP contribution in [0.3, 0.4) is 0 Å². The Hall–Kier alpha value is -6.84. The number of hydrogen-bond acceptors (Lipinski definition) is 13. The van der Waals surface area contributed by atoms with Crippen molar-refractivity contribution in [2.24, 2.45) is 11.8 Å². The lowest BCUT2D eigenvalue weighted by molar-refractivity contribution is -0.139. The molecule has 0 aliphatic carbocycles. The van der Waals surface area contributed by atoms with Gasteiger partial charge >= 0.3 is 12.2 Å². The minimum Gasteiger partial charge on any atom is -0.464 e. The summed E-state index contributed by atoms with van der Waals surface area (Å²) in [6.45, 7) is 10.6. The second-order valence-electron chi connectivity index (χ2n) is 21.5. The predicted molar refractivity (Wildman–Crippen MR) is 280 cm³/mol. The second-order valence-corrected chi connectivity index (χ2v) is 22.6. The van der Waals surface area contributed by atoms with E-state index in [4.69, 9.17) is 38.6 Å². The quantitative estimate of drug-likeness (QED) is 0.0902. The van der Waals surface area contributed by atoms with Crippen LogP contribution in [0.4, 0.5) is 14.0 Å². The largest absolute Gasteiger partial charge is 0.464 e. The lowest BCUT2D eigenvalue weighted by Crippen LogP contribution is -2.54. The number of alkyl carbamates (subject to hydrolysis) is 2. The molecule has 21 heteroatoms. The highest BCUT2D eigenvalue weighted by molar-refractivity contribution is 7.11. The normalized spacial score (nSPS) is 22.2. The number of amides is 4. The Balaban J connectivity index is 0.905. The number of rotatable bonds is 12. The van der Waals surface area contributed by atoms with Gasteiger partial charge in [-0.1, -0.05) is 19.9 Å². The van der Waals surface area contributed by atoms with Gasteiger partial charge < -0.3 is 54.1 Å². The fraction of sp³-hybridized carbons (Fsp3) is 0.509. The molecule has 6 atom stereocenters. The summed E-state index contributed by atoms with van der Waals surface area (Å²) in [5.41, 5.74) is 4.05. The van der Waals surface area contributed by atoms with E-state index in [-0.39, 0.29) is 41.7 Å². The van der Waals surface area contributed by atoms with Crippen LogP contribution in [-0.4, -0.2) is 128 Å². The summed E-state index contributed by atoms with van der Waals surface area (Å²) in [4.78, 5) is 79.0. The third-order valence-electron chi connectivity index (χ3n) is 15.8. The summed E-state index contributed by atoms with van der Waals surface area (Å²) in [6, 6.07) is 9.13. The van der Waals surface area contributed by atoms with Crippen molar-refractivity contribution in [2.45, 2.75) is 121 Å². The predicted octanol–water partition coefficient (Wildman–Crippen LogP) is 9.15. The third-order valence-corrected chi connectivity index (χ3v) is 17.0. The Morgan fingerprint density at radius 2 is 1.47 bits per heavy atom. The summed E-state index contributed by atoms with van der Waals surface area (Å²) in [6.07, 6.45) is 9.20. The molecule has 76 heavy (non-hydrogen) atoms. The zero-order valence-electron chi connectivity index (χ0n) is 43.7. The van der Waals surface area contributed by atoms with Crippen LogP contribution in [0, 0.1) is 17.7 Å². The molecule has 11 rings (SSSR count). The van der Waals surface area contributed by atoms with Gasteiger partial charge in [0.25, 0.3) is 0 Å². The van der Waals surface area contributed by atoms with Crippen molar-refractivity contribution in [3.63, 3.8) is 0 Å². The number of likely N-dealkylation sites (tertiary alicyclic amines) is 2. The van der Waals surface area contributed by atoms with Crippen LogP contribution in [0.15, 0.2) is 55.0 Å². The molecule has 19 nitrogen and oxygen atoms in total. The van der Waals surface area contributed by atoms with Gasteiger partial charge in [0.2, 0.25) is 18.0 Å². The molecule has 0 saturated carbocycles. The van der Waals surface area contributed by atoms with Crippen molar-refractivity contribution in [1.82, 2.24) is 49.9 Å². The molecule has 4 aromatic heterocycles. The van der Waals surface area contributed by atoms with Crippen molar-refractivity contribution < 1.29 is 47.3 Å².